The van der Waals surface area contributed by atoms with E-state index in [-0.39, 0.29) is 11.9 Å². The van der Waals surface area contributed by atoms with Crippen LogP contribution in [0.3, 0.4) is 0 Å². The van der Waals surface area contributed by atoms with Gasteiger partial charge in [-0.15, -0.1) is 5.10 Å². The van der Waals surface area contributed by atoms with Gasteiger partial charge < -0.3 is 16.2 Å². The van der Waals surface area contributed by atoms with Crippen molar-refractivity contribution < 1.29 is 27.9 Å². The Morgan fingerprint density at radius 2 is 1.86 bits per heavy atom. The van der Waals surface area contributed by atoms with Crippen LogP contribution in [0.25, 0.3) is 11.3 Å². The summed E-state index contributed by atoms with van der Waals surface area (Å²) < 4.78 is 33.6. The summed E-state index contributed by atoms with van der Waals surface area (Å²) in [6.45, 7) is 2.73. The zero-order valence-electron chi connectivity index (χ0n) is 19.0. The molecule has 1 aromatic heterocycles. The first-order chi connectivity index (χ1) is 16.5. The van der Waals surface area contributed by atoms with Crippen molar-refractivity contribution in [3.8, 4) is 11.3 Å². The Hall–Kier alpha value is -3.73. The van der Waals surface area contributed by atoms with Crippen molar-refractivity contribution >= 4 is 17.6 Å². The number of halogens is 3. The number of rotatable bonds is 5. The van der Waals surface area contributed by atoms with E-state index >= 15 is 0 Å². The summed E-state index contributed by atoms with van der Waals surface area (Å²) in [5.74, 6) is -2.43. The summed E-state index contributed by atoms with van der Waals surface area (Å²) >= 11 is 0. The number of aryl methyl sites for hydroxylation is 1. The first kappa shape index (κ1) is 25.9. The molecular weight excluding hydrogens is 463 g/mol. The molecule has 35 heavy (non-hydrogen) atoms. The number of hydrogen-bond acceptors (Lipinski definition) is 5. The van der Waals surface area contributed by atoms with Crippen LogP contribution < -0.4 is 11.1 Å². The van der Waals surface area contributed by atoms with Crippen molar-refractivity contribution in [1.82, 2.24) is 15.0 Å². The third-order valence-corrected chi connectivity index (χ3v) is 5.73. The Labute approximate surface area is 199 Å². The van der Waals surface area contributed by atoms with Gasteiger partial charge in [-0.25, -0.2) is 4.79 Å². The molecule has 0 spiro atoms. The number of nitrogens with one attached hydrogen (secondary N) is 1. The highest BCUT2D eigenvalue weighted by Crippen LogP contribution is 2.26. The van der Waals surface area contributed by atoms with E-state index in [2.05, 4.69) is 15.6 Å². The second kappa shape index (κ2) is 11.1. The van der Waals surface area contributed by atoms with Gasteiger partial charge >= 0.3 is 12.1 Å². The minimum Gasteiger partial charge on any atom is -0.475 e. The number of nitrogens with zero attached hydrogens (tertiary/aromatic N) is 3. The second-order valence-electron chi connectivity index (χ2n) is 8.33. The molecule has 1 heterocycles. The number of hydrogen-bond donors (Lipinski definition) is 3. The van der Waals surface area contributed by atoms with Crippen LogP contribution in [0.2, 0.25) is 0 Å². The molecule has 1 fully saturated rings. The third kappa shape index (κ3) is 7.12. The average molecular weight is 489 g/mol. The predicted molar refractivity (Wildman–Crippen MR) is 124 cm³/mol. The highest BCUT2D eigenvalue weighted by atomic mass is 19.4. The Kier molecular flexibility index (Phi) is 8.23. The van der Waals surface area contributed by atoms with Crippen LogP contribution in [0.5, 0.6) is 0 Å². The summed E-state index contributed by atoms with van der Waals surface area (Å²) in [6, 6.07) is 15.5. The topological polar surface area (TPSA) is 123 Å². The quantitative estimate of drug-likeness (QED) is 0.492. The summed E-state index contributed by atoms with van der Waals surface area (Å²) in [5, 5.41) is 18.6. The van der Waals surface area contributed by atoms with Gasteiger partial charge in [0.25, 0.3) is 5.91 Å². The fourth-order valence-corrected chi connectivity index (χ4v) is 3.80. The first-order valence-corrected chi connectivity index (χ1v) is 11.0. The highest BCUT2D eigenvalue weighted by Gasteiger charge is 2.38. The number of benzene rings is 2. The minimum atomic E-state index is -5.08. The number of alkyl halides is 3. The SMILES string of the molecule is Cc1ccc(-c2cn(C[C@@H]3CCC[C@@H]3N)nn2)cc1C(=O)Nc1ccccc1.O=C(O)C(F)(F)F. The minimum absolute atomic E-state index is 0.130. The normalized spacial score (nSPS) is 17.4. The van der Waals surface area contributed by atoms with Gasteiger partial charge in [0.2, 0.25) is 0 Å². The van der Waals surface area contributed by atoms with Gasteiger partial charge in [0.05, 0.1) is 6.20 Å². The van der Waals surface area contributed by atoms with Crippen LogP contribution in [-0.2, 0) is 11.3 Å². The van der Waals surface area contributed by atoms with Crippen LogP contribution in [0, 0.1) is 12.8 Å². The molecule has 11 heteroatoms. The van der Waals surface area contributed by atoms with Gasteiger partial charge in [-0.05, 0) is 49.4 Å². The summed E-state index contributed by atoms with van der Waals surface area (Å²) in [7, 11) is 0. The van der Waals surface area contributed by atoms with Crippen LogP contribution in [-0.4, -0.2) is 44.2 Å². The first-order valence-electron chi connectivity index (χ1n) is 11.0. The smallest absolute Gasteiger partial charge is 0.475 e. The number of anilines is 1. The molecule has 0 aliphatic heterocycles. The van der Waals surface area contributed by atoms with E-state index in [1.807, 2.05) is 66.3 Å². The second-order valence-corrected chi connectivity index (χ2v) is 8.33. The van der Waals surface area contributed by atoms with Gasteiger partial charge in [-0.2, -0.15) is 13.2 Å². The van der Waals surface area contributed by atoms with Crippen LogP contribution in [0.4, 0.5) is 18.9 Å². The Balaban J connectivity index is 0.000000429. The van der Waals surface area contributed by atoms with E-state index in [1.54, 1.807) is 0 Å². The maximum Gasteiger partial charge on any atom is 0.490 e. The van der Waals surface area contributed by atoms with Crippen LogP contribution in [0.15, 0.2) is 54.7 Å². The Morgan fingerprint density at radius 3 is 2.46 bits per heavy atom. The van der Waals surface area contributed by atoms with Crippen molar-refractivity contribution in [3.63, 3.8) is 0 Å². The molecule has 1 aliphatic carbocycles. The van der Waals surface area contributed by atoms with Crippen molar-refractivity contribution in [2.24, 2.45) is 11.7 Å². The molecule has 1 amide bonds. The maximum absolute atomic E-state index is 12.7. The molecule has 186 valence electrons. The van der Waals surface area contributed by atoms with E-state index < -0.39 is 12.1 Å². The van der Waals surface area contributed by atoms with Crippen molar-refractivity contribution in [2.45, 2.75) is 44.9 Å². The molecule has 1 saturated carbocycles. The van der Waals surface area contributed by atoms with Gasteiger partial charge in [0.15, 0.2) is 0 Å². The molecule has 4 N–H and O–H groups in total. The van der Waals surface area contributed by atoms with Gasteiger partial charge in [-0.1, -0.05) is 42.0 Å². The number of nitrogens with two attached hydrogens (primary N) is 1. The lowest BCUT2D eigenvalue weighted by atomic mass is 10.0. The largest absolute Gasteiger partial charge is 0.490 e. The van der Waals surface area contributed by atoms with E-state index in [9.17, 15) is 18.0 Å². The molecule has 3 aromatic rings. The summed E-state index contributed by atoms with van der Waals surface area (Å²) in [6.07, 6.45) is 0.272. The number of aromatic nitrogens is 3. The van der Waals surface area contributed by atoms with E-state index in [0.717, 1.165) is 41.9 Å². The average Bonchev–Trinajstić information content (AvgIpc) is 3.44. The highest BCUT2D eigenvalue weighted by molar-refractivity contribution is 6.05. The lowest BCUT2D eigenvalue weighted by Crippen LogP contribution is -2.28. The molecule has 8 nitrogen and oxygen atoms in total. The molecule has 0 radical (unpaired) electrons. The molecule has 0 unspecified atom stereocenters. The lowest BCUT2D eigenvalue weighted by molar-refractivity contribution is -0.192. The number of carboxylic acid groups (broad SMARTS) is 1. The number of carbonyl (C=O) groups excluding carboxylic acids is 1. The monoisotopic (exact) mass is 489 g/mol. The Morgan fingerprint density at radius 1 is 1.17 bits per heavy atom. The summed E-state index contributed by atoms with van der Waals surface area (Å²) in [4.78, 5) is 21.6. The van der Waals surface area contributed by atoms with Crippen molar-refractivity contribution in [1.29, 1.82) is 0 Å². The fraction of sp³-hybridized carbons (Fsp3) is 0.333. The fourth-order valence-electron chi connectivity index (χ4n) is 3.80. The zero-order chi connectivity index (χ0) is 25.6. The van der Waals surface area contributed by atoms with Gasteiger partial charge in [0.1, 0.15) is 5.69 Å². The standard InChI is InChI=1S/C22H25N5O.C2HF3O2/c1-15-10-11-16(12-19(15)22(28)24-18-7-3-2-4-8-18)21-14-27(26-25-21)13-17-6-5-9-20(17)23;3-2(4,5)1(6)7/h2-4,7-8,10-12,14,17,20H,5-6,9,13,23H2,1H3,(H,24,28);(H,6,7)/t17-,20-;/m0./s1. The zero-order valence-corrected chi connectivity index (χ0v) is 19.0. The molecule has 2 aromatic carbocycles. The number of carboxylic acids is 1. The molecule has 1 aliphatic rings. The molecule has 4 rings (SSSR count). The number of aliphatic carboxylic acids is 1. The molecule has 0 saturated heterocycles. The van der Waals surface area contributed by atoms with Crippen LogP contribution in [0.1, 0.15) is 35.2 Å². The van der Waals surface area contributed by atoms with E-state index in [4.69, 9.17) is 15.6 Å². The third-order valence-electron chi connectivity index (χ3n) is 5.73. The predicted octanol–water partition coefficient (Wildman–Crippen LogP) is 4.27. The molecule has 2 atom stereocenters. The lowest BCUT2D eigenvalue weighted by Gasteiger charge is -2.14. The number of carbonyl (C=O) groups is 2. The number of amides is 1. The van der Waals surface area contributed by atoms with E-state index in [0.29, 0.717) is 11.5 Å². The molecular formula is C24H26F3N5O3. The van der Waals surface area contributed by atoms with Crippen molar-refractivity contribution in [3.05, 3.63) is 65.9 Å². The van der Waals surface area contributed by atoms with Gasteiger partial charge in [0, 0.05) is 29.4 Å². The van der Waals surface area contributed by atoms with E-state index in [1.165, 1.54) is 6.42 Å². The molecule has 0 bridgehead atoms. The summed E-state index contributed by atoms with van der Waals surface area (Å²) in [5.41, 5.74) is 10.1. The van der Waals surface area contributed by atoms with Crippen molar-refractivity contribution in [2.75, 3.05) is 5.32 Å². The number of para-hydroxylation sites is 1. The van der Waals surface area contributed by atoms with Gasteiger partial charge in [-0.3, -0.25) is 9.48 Å². The maximum atomic E-state index is 12.7. The Bertz CT molecular complexity index is 1160. The van der Waals surface area contributed by atoms with Crippen LogP contribution >= 0.6 is 0 Å².